The molecule has 0 bridgehead atoms. The summed E-state index contributed by atoms with van der Waals surface area (Å²) in [5.41, 5.74) is 0. The van der Waals surface area contributed by atoms with Gasteiger partial charge >= 0.3 is 5.90 Å². The molecule has 0 amide bonds. The number of likely N-dealkylation sites (N-methyl/N-ethyl adjacent to an activating group) is 2. The molecule has 2 aromatic carbocycles. The van der Waals surface area contributed by atoms with E-state index in [1.165, 1.54) is 24.3 Å². The Morgan fingerprint density at radius 1 is 0.943 bits per heavy atom. The second kappa shape index (κ2) is 11.2. The lowest BCUT2D eigenvalue weighted by Gasteiger charge is -2.14. The Balaban J connectivity index is 0.000000196. The fourth-order valence-electron chi connectivity index (χ4n) is 3.76. The van der Waals surface area contributed by atoms with Gasteiger partial charge in [-0.1, -0.05) is 24.3 Å². The summed E-state index contributed by atoms with van der Waals surface area (Å²) in [5.74, 6) is 1.93. The molecule has 2 heterocycles. The van der Waals surface area contributed by atoms with Crippen molar-refractivity contribution >= 4 is 36.9 Å². The van der Waals surface area contributed by atoms with Gasteiger partial charge in [-0.2, -0.15) is 4.58 Å². The minimum absolute atomic E-state index is 0.0792. The number of fused-ring (bicyclic) bond motifs is 1. The molecule has 0 saturated carbocycles. The molecule has 2 aliphatic heterocycles. The minimum Gasteiger partial charge on any atom is -0.744 e. The second-order valence-electron chi connectivity index (χ2n) is 7.57. The van der Waals surface area contributed by atoms with E-state index in [4.69, 9.17) is 9.47 Å². The summed E-state index contributed by atoms with van der Waals surface area (Å²) in [6.07, 6.45) is 6.03. The smallest absolute Gasteiger partial charge is 0.362 e. The molecule has 0 spiro atoms. The largest absolute Gasteiger partial charge is 0.744 e. The van der Waals surface area contributed by atoms with E-state index in [0.717, 1.165) is 63.3 Å². The van der Waals surface area contributed by atoms with Crippen molar-refractivity contribution < 1.29 is 40.0 Å². The molecule has 190 valence electrons. The molecule has 0 aromatic heterocycles. The molecule has 2 aliphatic rings. The van der Waals surface area contributed by atoms with Crippen molar-refractivity contribution in [1.82, 2.24) is 4.90 Å². The monoisotopic (exact) mass is 523 g/mol. The van der Waals surface area contributed by atoms with Crippen molar-refractivity contribution in [3.8, 4) is 0 Å². The van der Waals surface area contributed by atoms with E-state index in [0.29, 0.717) is 0 Å². The zero-order valence-electron chi connectivity index (χ0n) is 19.4. The molecule has 4 rings (SSSR count). The molecular formula is C23H27N2O8S2-. The van der Waals surface area contributed by atoms with Gasteiger partial charge in [-0.3, -0.25) is 0 Å². The van der Waals surface area contributed by atoms with Crippen molar-refractivity contribution in [2.75, 3.05) is 39.4 Å². The third-order valence-corrected chi connectivity index (χ3v) is 7.26. The Hall–Kier alpha value is -2.93. The highest BCUT2D eigenvalue weighted by molar-refractivity contribution is 7.86. The summed E-state index contributed by atoms with van der Waals surface area (Å²) in [7, 11) is -9.48. The molecule has 0 atom stereocenters. The number of hydrogen-bond donors (Lipinski definition) is 0. The first-order valence-corrected chi connectivity index (χ1v) is 13.8. The van der Waals surface area contributed by atoms with Crippen molar-refractivity contribution in [2.24, 2.45) is 0 Å². The summed E-state index contributed by atoms with van der Waals surface area (Å²) in [6.45, 7) is 9.83. The summed E-state index contributed by atoms with van der Waals surface area (Å²) >= 11 is 0. The molecule has 0 unspecified atom stereocenters. The van der Waals surface area contributed by atoms with Crippen molar-refractivity contribution in [3.63, 3.8) is 0 Å². The lowest BCUT2D eigenvalue weighted by atomic mass is 10.1. The van der Waals surface area contributed by atoms with Crippen LogP contribution in [0.5, 0.6) is 0 Å². The van der Waals surface area contributed by atoms with Crippen molar-refractivity contribution in [3.05, 3.63) is 60.5 Å². The van der Waals surface area contributed by atoms with Gasteiger partial charge in [0.1, 0.15) is 33.4 Å². The lowest BCUT2D eigenvalue weighted by Crippen LogP contribution is -2.17. The Labute approximate surface area is 205 Å². The summed E-state index contributed by atoms with van der Waals surface area (Å²) in [5, 5.41) is -0.158. The molecule has 0 aliphatic carbocycles. The quantitative estimate of drug-likeness (QED) is 0.410. The van der Waals surface area contributed by atoms with E-state index < -0.39 is 30.0 Å². The average Bonchev–Trinajstić information content (AvgIpc) is 3.46. The molecule has 0 N–H and O–H groups in total. The first-order chi connectivity index (χ1) is 16.6. The van der Waals surface area contributed by atoms with Crippen LogP contribution in [0, 0.1) is 0 Å². The van der Waals surface area contributed by atoms with E-state index in [-0.39, 0.29) is 10.8 Å². The van der Waals surface area contributed by atoms with Crippen LogP contribution in [-0.4, -0.2) is 80.7 Å². The molecule has 35 heavy (non-hydrogen) atoms. The normalized spacial score (nSPS) is 17.6. The predicted molar refractivity (Wildman–Crippen MR) is 127 cm³/mol. The van der Waals surface area contributed by atoms with Gasteiger partial charge in [0.05, 0.1) is 22.4 Å². The Morgan fingerprint density at radius 2 is 1.54 bits per heavy atom. The number of rotatable bonds is 6. The minimum atomic E-state index is -4.74. The van der Waals surface area contributed by atoms with Crippen LogP contribution in [0.25, 0.3) is 10.8 Å². The first kappa shape index (κ1) is 26.7. The molecule has 10 nitrogen and oxygen atoms in total. The number of hydrogen-bond acceptors (Lipinski definition) is 9. The lowest BCUT2D eigenvalue weighted by molar-refractivity contribution is -0.513. The highest BCUT2D eigenvalue weighted by atomic mass is 32.2. The zero-order valence-corrected chi connectivity index (χ0v) is 21.0. The van der Waals surface area contributed by atoms with Gasteiger partial charge < -0.3 is 23.5 Å². The van der Waals surface area contributed by atoms with Gasteiger partial charge in [-0.25, -0.2) is 16.8 Å². The third kappa shape index (κ3) is 6.60. The van der Waals surface area contributed by atoms with E-state index >= 15 is 0 Å². The average molecular weight is 524 g/mol. The highest BCUT2D eigenvalue weighted by Gasteiger charge is 2.19. The maximum Gasteiger partial charge on any atom is 0.362 e. The van der Waals surface area contributed by atoms with Crippen molar-refractivity contribution in [2.45, 2.75) is 23.6 Å². The maximum atomic E-state index is 11.0. The van der Waals surface area contributed by atoms with Gasteiger partial charge in [0.2, 0.25) is 0 Å². The predicted octanol–water partition coefficient (Wildman–Crippen LogP) is 1.85. The fourth-order valence-corrected chi connectivity index (χ4v) is 5.14. The number of nitrogens with zero attached hydrogens (tertiary/aromatic N) is 2. The van der Waals surface area contributed by atoms with Gasteiger partial charge in [0, 0.05) is 17.3 Å². The molecule has 2 aromatic rings. The summed E-state index contributed by atoms with van der Waals surface area (Å²) in [6, 6.07) is 7.09. The molecule has 0 radical (unpaired) electrons. The molecule has 12 heteroatoms. The Morgan fingerprint density at radius 3 is 2.06 bits per heavy atom. The van der Waals surface area contributed by atoms with Crippen LogP contribution in [0.15, 0.2) is 70.3 Å². The van der Waals surface area contributed by atoms with E-state index in [9.17, 15) is 25.9 Å². The second-order valence-corrected chi connectivity index (χ2v) is 10.3. The Bertz CT molecular complexity index is 1310. The standard InChI is InChI=1S/C13H21N2O2.C10H8O6S2/c1-3-14-8-10-16-12(14)6-5-7-13-15(4-2)9-11-17-13;11-17(12,13)9-5-1-3-7-8(9)4-2-6-10(7)18(14,15)16/h5-7H,3-4,8-11H2,1-2H3;1-6H,(H,11,12,13)(H,14,15,16)/q+1;/p-2. The number of ether oxygens (including phenoxy) is 2. The maximum absolute atomic E-state index is 11.0. The van der Waals surface area contributed by atoms with Crippen LogP contribution in [0.2, 0.25) is 0 Å². The highest BCUT2D eigenvalue weighted by Crippen LogP contribution is 2.27. The van der Waals surface area contributed by atoms with Gasteiger partial charge in [0.25, 0.3) is 0 Å². The third-order valence-electron chi connectivity index (χ3n) is 5.47. The SMILES string of the molecule is CCN1CCO/C1=C/C=C/C1=[N+](CC)CCO1.O=S(=O)([O-])c1cccc2c(S(=O)(=O)[O-])cccc12. The van der Waals surface area contributed by atoms with Crippen LogP contribution in [-0.2, 0) is 29.7 Å². The van der Waals surface area contributed by atoms with E-state index in [2.05, 4.69) is 23.3 Å². The van der Waals surface area contributed by atoms with Crippen LogP contribution in [0.4, 0.5) is 0 Å². The van der Waals surface area contributed by atoms with E-state index in [1.807, 2.05) is 18.2 Å². The van der Waals surface area contributed by atoms with Crippen molar-refractivity contribution in [1.29, 1.82) is 0 Å². The Kier molecular flexibility index (Phi) is 8.54. The fraction of sp³-hybridized carbons (Fsp3) is 0.348. The molecule has 1 saturated heterocycles. The first-order valence-electron chi connectivity index (χ1n) is 11.0. The van der Waals surface area contributed by atoms with Gasteiger partial charge in [-0.05, 0) is 38.1 Å². The molecular weight excluding hydrogens is 496 g/mol. The number of benzene rings is 2. The number of allylic oxidation sites excluding steroid dienone is 2. The zero-order chi connectivity index (χ0) is 25.6. The van der Waals surface area contributed by atoms with Gasteiger partial charge in [-0.15, -0.1) is 0 Å². The van der Waals surface area contributed by atoms with Crippen LogP contribution in [0.1, 0.15) is 13.8 Å². The summed E-state index contributed by atoms with van der Waals surface area (Å²) in [4.78, 5) is 1.12. The van der Waals surface area contributed by atoms with Crippen LogP contribution in [0.3, 0.4) is 0 Å². The van der Waals surface area contributed by atoms with Crippen LogP contribution < -0.4 is 0 Å². The van der Waals surface area contributed by atoms with Crippen LogP contribution >= 0.6 is 0 Å². The van der Waals surface area contributed by atoms with E-state index in [1.54, 1.807) is 0 Å². The summed E-state index contributed by atoms with van der Waals surface area (Å²) < 4.78 is 79.5. The topological polar surface area (TPSA) is 139 Å². The van der Waals surface area contributed by atoms with Gasteiger partial charge in [0.15, 0.2) is 19.0 Å². The molecule has 1 fully saturated rings.